The molecular formula is C50H70N4O7S2. The van der Waals surface area contributed by atoms with Crippen LogP contribution < -0.4 is 11.5 Å². The van der Waals surface area contributed by atoms with Crippen molar-refractivity contribution in [1.29, 1.82) is 0 Å². The summed E-state index contributed by atoms with van der Waals surface area (Å²) in [4.78, 5) is 56.8. The molecule has 1 aromatic carbocycles. The van der Waals surface area contributed by atoms with Gasteiger partial charge in [0.05, 0.1) is 23.4 Å². The molecule has 5 aliphatic carbocycles. The van der Waals surface area contributed by atoms with Gasteiger partial charge in [-0.15, -0.1) is 0 Å². The van der Waals surface area contributed by atoms with E-state index in [9.17, 15) is 19.2 Å². The van der Waals surface area contributed by atoms with E-state index in [1.165, 1.54) is 96.0 Å². The maximum Gasteiger partial charge on any atom is 0.410 e. The Bertz CT molecular complexity index is 2080. The number of Topliss-reactive ketones (excluding diaryl/α,β-unsaturated/α-hetero) is 2. The fourth-order valence-corrected chi connectivity index (χ4v) is 17.7. The molecule has 344 valence electrons. The van der Waals surface area contributed by atoms with E-state index in [1.807, 2.05) is 33.7 Å². The first-order chi connectivity index (χ1) is 30.0. The fraction of sp³-hybridized carbons (Fsp3) is 0.720. The minimum Gasteiger partial charge on any atom is -0.449 e. The lowest BCUT2D eigenvalue weighted by Gasteiger charge is -2.61. The molecule has 3 aliphatic heterocycles. The third-order valence-corrected chi connectivity index (χ3v) is 21.2. The number of carbonyl (C=O) groups excluding carboxylic acids is 4. The van der Waals surface area contributed by atoms with Crippen molar-refractivity contribution in [3.05, 3.63) is 52.4 Å². The Kier molecular flexibility index (Phi) is 12.1. The lowest BCUT2D eigenvalue weighted by molar-refractivity contribution is -0.144. The first kappa shape index (κ1) is 45.0. The van der Waals surface area contributed by atoms with Crippen molar-refractivity contribution in [2.24, 2.45) is 69.6 Å². The van der Waals surface area contributed by atoms with E-state index in [4.69, 9.17) is 25.7 Å². The molecule has 13 unspecified atom stereocenters. The predicted molar refractivity (Wildman–Crippen MR) is 246 cm³/mol. The number of nitrogens with zero attached hydrogens (tertiary/aromatic N) is 2. The number of benzene rings is 1. The number of amides is 2. The van der Waals surface area contributed by atoms with Crippen LogP contribution in [0.25, 0.3) is 0 Å². The van der Waals surface area contributed by atoms with Gasteiger partial charge in [0.15, 0.2) is 5.72 Å². The molecule has 11 nitrogen and oxygen atoms in total. The molecule has 2 saturated heterocycles. The summed E-state index contributed by atoms with van der Waals surface area (Å²) in [6.07, 6.45) is 15.3. The van der Waals surface area contributed by atoms with E-state index < -0.39 is 35.7 Å². The van der Waals surface area contributed by atoms with Gasteiger partial charge >= 0.3 is 12.2 Å². The summed E-state index contributed by atoms with van der Waals surface area (Å²) in [5.74, 6) is 4.40. The van der Waals surface area contributed by atoms with Crippen molar-refractivity contribution in [3.8, 4) is 0 Å². The van der Waals surface area contributed by atoms with Crippen LogP contribution in [0.5, 0.6) is 0 Å². The maximum atomic E-state index is 13.6. The number of nitrogens with two attached hydrogens (primary N) is 2. The van der Waals surface area contributed by atoms with Crippen molar-refractivity contribution in [1.82, 2.24) is 9.80 Å². The van der Waals surface area contributed by atoms with Crippen LogP contribution in [0.15, 0.2) is 51.7 Å². The standard InChI is InChI=1S/C50H70N4O7S2/c1-27(2)9-8-10-28(3)35-17-18-36-34-16-13-31-23-33(19-21-48(31,5)37(34)20-22-49(35,36)6)63-62-32-14-11-30(12-15-32)25-61-47(58)54-39-24-53-42-40(44(56)41(51)29(4)43(42)55)38(26-60-46(52)57)50(53,59-7)45(39)54/h11-12,14-15,27-28,31,33-39,45H,8-10,13,16-26,51H2,1-7H3,(H2,52,57). The summed E-state index contributed by atoms with van der Waals surface area (Å²) in [7, 11) is 5.39. The smallest absolute Gasteiger partial charge is 0.410 e. The van der Waals surface area contributed by atoms with Crippen molar-refractivity contribution in [3.63, 3.8) is 0 Å². The van der Waals surface area contributed by atoms with E-state index in [0.29, 0.717) is 16.1 Å². The van der Waals surface area contributed by atoms with Gasteiger partial charge in [-0.2, -0.15) is 0 Å². The molecular weight excluding hydrogens is 833 g/mol. The van der Waals surface area contributed by atoms with E-state index in [0.717, 1.165) is 47.0 Å². The Balaban J connectivity index is 0.762. The van der Waals surface area contributed by atoms with Gasteiger partial charge in [0, 0.05) is 34.9 Å². The van der Waals surface area contributed by atoms with Crippen LogP contribution in [0.4, 0.5) is 9.59 Å². The van der Waals surface area contributed by atoms with Crippen LogP contribution >= 0.6 is 21.6 Å². The highest BCUT2D eigenvalue weighted by molar-refractivity contribution is 8.76. The summed E-state index contributed by atoms with van der Waals surface area (Å²) in [5, 5.41) is 0.663. The molecule has 9 rings (SSSR count). The zero-order chi connectivity index (χ0) is 44.7. The summed E-state index contributed by atoms with van der Waals surface area (Å²) >= 11 is 0. The van der Waals surface area contributed by atoms with Crippen molar-refractivity contribution < 1.29 is 33.4 Å². The topological polar surface area (TPSA) is 154 Å². The molecule has 0 aromatic heterocycles. The molecule has 4 saturated carbocycles. The third-order valence-electron chi connectivity index (χ3n) is 18.3. The number of allylic oxidation sites excluding steroid dienone is 2. The van der Waals surface area contributed by atoms with E-state index in [-0.39, 0.29) is 54.1 Å². The zero-order valence-electron chi connectivity index (χ0n) is 38.5. The summed E-state index contributed by atoms with van der Waals surface area (Å²) in [6.45, 7) is 14.3. The van der Waals surface area contributed by atoms with Gasteiger partial charge in [-0.1, -0.05) is 87.6 Å². The van der Waals surface area contributed by atoms with E-state index in [1.54, 1.807) is 9.80 Å². The molecule has 13 heteroatoms. The molecule has 2 amide bonds. The molecule has 3 heterocycles. The summed E-state index contributed by atoms with van der Waals surface area (Å²) in [5.41, 5.74) is 12.3. The molecule has 0 bridgehead atoms. The van der Waals surface area contributed by atoms with Crippen LogP contribution in [0.2, 0.25) is 0 Å². The number of primary amides is 1. The number of piperazine rings is 1. The van der Waals surface area contributed by atoms with Crippen LogP contribution in [0, 0.1) is 58.2 Å². The molecule has 0 spiro atoms. The summed E-state index contributed by atoms with van der Waals surface area (Å²) < 4.78 is 17.2. The van der Waals surface area contributed by atoms with Crippen LogP contribution in [-0.2, 0) is 30.4 Å². The van der Waals surface area contributed by atoms with Gasteiger partial charge in [-0.25, -0.2) is 9.59 Å². The Morgan fingerprint density at radius 1 is 0.921 bits per heavy atom. The Morgan fingerprint density at radius 3 is 2.37 bits per heavy atom. The number of carbonyl (C=O) groups is 4. The van der Waals surface area contributed by atoms with E-state index >= 15 is 0 Å². The van der Waals surface area contributed by atoms with Gasteiger partial charge in [0.25, 0.3) is 0 Å². The molecule has 8 aliphatic rings. The minimum absolute atomic E-state index is 0.0964. The number of hydrogen-bond donors (Lipinski definition) is 2. The highest BCUT2D eigenvalue weighted by Gasteiger charge is 2.78. The number of ketones is 2. The van der Waals surface area contributed by atoms with Gasteiger partial charge in [-0.3, -0.25) is 14.5 Å². The van der Waals surface area contributed by atoms with Crippen molar-refractivity contribution in [2.75, 3.05) is 20.3 Å². The summed E-state index contributed by atoms with van der Waals surface area (Å²) in [6, 6.07) is 7.41. The quantitative estimate of drug-likeness (QED) is 0.111. The second kappa shape index (κ2) is 16.9. The molecule has 13 atom stereocenters. The number of hydrogen-bond acceptors (Lipinski definition) is 11. The average molecular weight is 903 g/mol. The normalized spacial score (nSPS) is 38.2. The SMILES string of the molecule is COC12C(COC(N)=O)C3=C(C(=O)C(C)=C(N)C3=O)N1CC1C2N1C(=O)OCc1ccc(SSC2CCC3(C)C(CCC4C3CCC3(C)C(C(C)CCCC(C)C)CCC43)C2)cc1. The zero-order valence-corrected chi connectivity index (χ0v) is 40.1. The fourth-order valence-electron chi connectivity index (χ4n) is 15.0. The molecule has 6 fully saturated rings. The lowest BCUT2D eigenvalue weighted by atomic mass is 9.44. The number of rotatable bonds is 13. The van der Waals surface area contributed by atoms with Crippen molar-refractivity contribution >= 4 is 45.3 Å². The third kappa shape index (κ3) is 7.35. The number of ether oxygens (including phenoxy) is 3. The molecule has 0 radical (unpaired) electrons. The monoisotopic (exact) mass is 902 g/mol. The second-order valence-electron chi connectivity index (χ2n) is 21.6. The highest BCUT2D eigenvalue weighted by Crippen LogP contribution is 2.69. The minimum atomic E-state index is -1.34. The largest absolute Gasteiger partial charge is 0.449 e. The molecule has 63 heavy (non-hydrogen) atoms. The average Bonchev–Trinajstić information content (AvgIpc) is 3.55. The second-order valence-corrected chi connectivity index (χ2v) is 24.2. The lowest BCUT2D eigenvalue weighted by Crippen LogP contribution is -2.56. The Hall–Kier alpha value is -3.16. The Labute approximate surface area is 382 Å². The first-order valence-corrected chi connectivity index (χ1v) is 26.2. The van der Waals surface area contributed by atoms with Gasteiger partial charge in [-0.05, 0) is 135 Å². The van der Waals surface area contributed by atoms with Crippen LogP contribution in [0.1, 0.15) is 124 Å². The molecule has 1 aromatic rings. The van der Waals surface area contributed by atoms with Gasteiger partial charge < -0.3 is 30.6 Å². The highest BCUT2D eigenvalue weighted by atomic mass is 33.1. The van der Waals surface area contributed by atoms with Gasteiger partial charge in [0.2, 0.25) is 11.6 Å². The number of methoxy groups -OCH3 is 1. The maximum absolute atomic E-state index is 13.6. The van der Waals surface area contributed by atoms with Crippen LogP contribution in [0.3, 0.4) is 0 Å². The van der Waals surface area contributed by atoms with Crippen molar-refractivity contribution in [2.45, 2.75) is 153 Å². The molecule has 4 N–H and O–H groups in total. The van der Waals surface area contributed by atoms with Crippen LogP contribution in [-0.4, -0.2) is 76.9 Å². The predicted octanol–water partition coefficient (Wildman–Crippen LogP) is 9.63. The van der Waals surface area contributed by atoms with E-state index in [2.05, 4.69) is 46.8 Å². The Morgan fingerprint density at radius 2 is 1.65 bits per heavy atom. The van der Waals surface area contributed by atoms with Gasteiger partial charge in [0.1, 0.15) is 19.3 Å². The number of fused-ring (bicyclic) bond motifs is 9. The first-order valence-electron chi connectivity index (χ1n) is 24.0.